The largest absolute Gasteiger partial charge is 0.454 e. The molecular formula is C14H16INO3. The number of alkyl halides is 1. The van der Waals surface area contributed by atoms with Gasteiger partial charge in [-0.1, -0.05) is 13.8 Å². The van der Waals surface area contributed by atoms with E-state index in [1.165, 1.54) is 0 Å². The molecule has 2 rings (SSSR count). The van der Waals surface area contributed by atoms with Gasteiger partial charge in [0, 0.05) is 24.6 Å². The van der Waals surface area contributed by atoms with Crippen molar-refractivity contribution in [3.63, 3.8) is 0 Å². The SMILES string of the molecule is CC1(C)CC(=O)c2cc(CC(I)OC=O)cnc2C1. The van der Waals surface area contributed by atoms with Crippen LogP contribution in [0, 0.1) is 5.41 Å². The third-order valence-corrected chi connectivity index (χ3v) is 3.95. The summed E-state index contributed by atoms with van der Waals surface area (Å²) >= 11 is 2.05. The Bertz CT molecular complexity index is 513. The Morgan fingerprint density at radius 2 is 2.26 bits per heavy atom. The number of pyridine rings is 1. The van der Waals surface area contributed by atoms with E-state index in [1.54, 1.807) is 6.20 Å². The molecular weight excluding hydrogens is 357 g/mol. The molecule has 1 aromatic heterocycles. The smallest absolute Gasteiger partial charge is 0.294 e. The molecule has 1 aliphatic carbocycles. The predicted molar refractivity (Wildman–Crippen MR) is 79.3 cm³/mol. The molecule has 1 unspecified atom stereocenters. The van der Waals surface area contributed by atoms with Crippen molar-refractivity contribution in [1.29, 1.82) is 0 Å². The van der Waals surface area contributed by atoms with Crippen molar-refractivity contribution in [3.8, 4) is 0 Å². The van der Waals surface area contributed by atoms with Gasteiger partial charge in [0.05, 0.1) is 5.69 Å². The molecule has 1 atom stereocenters. The van der Waals surface area contributed by atoms with Crippen LogP contribution in [0.5, 0.6) is 0 Å². The molecule has 1 aliphatic rings. The van der Waals surface area contributed by atoms with Gasteiger partial charge in [-0.15, -0.1) is 0 Å². The lowest BCUT2D eigenvalue weighted by molar-refractivity contribution is -0.129. The Labute approximate surface area is 126 Å². The standard InChI is InChI=1S/C14H16INO3/c1-14(2)5-11-10(12(18)6-14)3-9(7-16-11)4-13(15)19-8-17/h3,7-8,13H,4-6H2,1-2H3. The summed E-state index contributed by atoms with van der Waals surface area (Å²) in [6.45, 7) is 4.61. The maximum absolute atomic E-state index is 12.1. The average molecular weight is 373 g/mol. The van der Waals surface area contributed by atoms with Gasteiger partial charge in [0.2, 0.25) is 0 Å². The molecule has 1 aromatic rings. The lowest BCUT2D eigenvalue weighted by Gasteiger charge is -2.29. The maximum atomic E-state index is 12.1. The molecule has 0 aliphatic heterocycles. The Hall–Kier alpha value is -0.980. The second-order valence-corrected chi connectivity index (χ2v) is 7.01. The number of carbonyl (C=O) groups excluding carboxylic acids is 2. The first kappa shape index (κ1) is 14.4. The van der Waals surface area contributed by atoms with Crippen LogP contribution < -0.4 is 0 Å². The van der Waals surface area contributed by atoms with E-state index in [9.17, 15) is 9.59 Å². The minimum Gasteiger partial charge on any atom is -0.454 e. The molecule has 0 fully saturated rings. The normalized spacial score (nSPS) is 18.6. The second-order valence-electron chi connectivity index (χ2n) is 5.63. The molecule has 0 saturated carbocycles. The fourth-order valence-electron chi connectivity index (χ4n) is 2.37. The van der Waals surface area contributed by atoms with E-state index >= 15 is 0 Å². The molecule has 0 radical (unpaired) electrons. The fourth-order valence-corrected chi connectivity index (χ4v) is 3.00. The summed E-state index contributed by atoms with van der Waals surface area (Å²) in [4.78, 5) is 26.8. The third kappa shape index (κ3) is 3.52. The summed E-state index contributed by atoms with van der Waals surface area (Å²) in [7, 11) is 0. The summed E-state index contributed by atoms with van der Waals surface area (Å²) in [6, 6.07) is 1.89. The number of hydrogen-bond acceptors (Lipinski definition) is 4. The number of Topliss-reactive ketones (excluding diaryl/α,β-unsaturated/α-hetero) is 1. The van der Waals surface area contributed by atoms with Crippen LogP contribution in [0.2, 0.25) is 0 Å². The molecule has 19 heavy (non-hydrogen) atoms. The summed E-state index contributed by atoms with van der Waals surface area (Å²) in [5, 5.41) is 0. The van der Waals surface area contributed by atoms with Crippen molar-refractivity contribution in [2.75, 3.05) is 0 Å². The van der Waals surface area contributed by atoms with Crippen LogP contribution in [-0.4, -0.2) is 21.4 Å². The van der Waals surface area contributed by atoms with Crippen LogP contribution in [0.3, 0.4) is 0 Å². The van der Waals surface area contributed by atoms with Crippen molar-refractivity contribution in [2.45, 2.75) is 37.2 Å². The Kier molecular flexibility index (Phi) is 4.23. The highest BCUT2D eigenvalue weighted by atomic mass is 127. The van der Waals surface area contributed by atoms with Crippen LogP contribution in [-0.2, 0) is 22.4 Å². The van der Waals surface area contributed by atoms with E-state index in [1.807, 2.05) is 28.7 Å². The number of hydrogen-bond donors (Lipinski definition) is 0. The molecule has 5 heteroatoms. The van der Waals surface area contributed by atoms with Gasteiger partial charge in [-0.25, -0.2) is 0 Å². The molecule has 1 heterocycles. The van der Waals surface area contributed by atoms with E-state index in [2.05, 4.69) is 18.8 Å². The molecule has 102 valence electrons. The van der Waals surface area contributed by atoms with Crippen molar-refractivity contribution < 1.29 is 14.3 Å². The molecule has 0 spiro atoms. The lowest BCUT2D eigenvalue weighted by atomic mass is 9.75. The minimum absolute atomic E-state index is 0.00890. The first-order valence-corrected chi connectivity index (χ1v) is 7.40. The number of nitrogens with zero attached hydrogens (tertiary/aromatic N) is 1. The molecule has 0 N–H and O–H groups in total. The van der Waals surface area contributed by atoms with Gasteiger partial charge in [-0.05, 0) is 46.1 Å². The third-order valence-electron chi connectivity index (χ3n) is 3.21. The van der Waals surface area contributed by atoms with Gasteiger partial charge >= 0.3 is 0 Å². The number of ether oxygens (including phenoxy) is 1. The monoisotopic (exact) mass is 373 g/mol. The van der Waals surface area contributed by atoms with Crippen molar-refractivity contribution in [2.24, 2.45) is 5.41 Å². The molecule has 0 aromatic carbocycles. The van der Waals surface area contributed by atoms with Gasteiger partial charge in [0.1, 0.15) is 0 Å². The van der Waals surface area contributed by atoms with E-state index in [0.29, 0.717) is 19.3 Å². The number of halogens is 1. The highest BCUT2D eigenvalue weighted by Gasteiger charge is 2.31. The van der Waals surface area contributed by atoms with Crippen molar-refractivity contribution in [1.82, 2.24) is 4.98 Å². The van der Waals surface area contributed by atoms with Crippen LogP contribution >= 0.6 is 22.6 Å². The first-order valence-electron chi connectivity index (χ1n) is 6.15. The van der Waals surface area contributed by atoms with Gasteiger partial charge in [0.25, 0.3) is 6.47 Å². The number of aromatic nitrogens is 1. The Balaban J connectivity index is 2.22. The van der Waals surface area contributed by atoms with E-state index in [0.717, 1.165) is 23.2 Å². The van der Waals surface area contributed by atoms with Crippen LogP contribution in [0.15, 0.2) is 12.3 Å². The molecule has 0 amide bonds. The highest BCUT2D eigenvalue weighted by Crippen LogP contribution is 2.34. The quantitative estimate of drug-likeness (QED) is 0.463. The van der Waals surface area contributed by atoms with Crippen LogP contribution in [0.25, 0.3) is 0 Å². The van der Waals surface area contributed by atoms with Crippen molar-refractivity contribution in [3.05, 3.63) is 29.1 Å². The minimum atomic E-state index is -0.231. The van der Waals surface area contributed by atoms with Crippen molar-refractivity contribution >= 4 is 34.8 Å². The zero-order valence-electron chi connectivity index (χ0n) is 11.0. The zero-order chi connectivity index (χ0) is 14.0. The van der Waals surface area contributed by atoms with Crippen LogP contribution in [0.4, 0.5) is 0 Å². The summed E-state index contributed by atoms with van der Waals surface area (Å²) < 4.78 is 4.61. The maximum Gasteiger partial charge on any atom is 0.294 e. The molecule has 0 saturated heterocycles. The Morgan fingerprint density at radius 1 is 1.53 bits per heavy atom. The van der Waals surface area contributed by atoms with Gasteiger partial charge in [-0.2, -0.15) is 0 Å². The zero-order valence-corrected chi connectivity index (χ0v) is 13.1. The van der Waals surface area contributed by atoms with Gasteiger partial charge < -0.3 is 4.74 Å². The second kappa shape index (κ2) is 5.56. The summed E-state index contributed by atoms with van der Waals surface area (Å²) in [5.74, 6) is 0.155. The van der Waals surface area contributed by atoms with E-state index in [4.69, 9.17) is 4.74 Å². The topological polar surface area (TPSA) is 56.3 Å². The number of carbonyl (C=O) groups is 2. The highest BCUT2D eigenvalue weighted by molar-refractivity contribution is 14.1. The molecule has 4 nitrogen and oxygen atoms in total. The summed E-state index contributed by atoms with van der Waals surface area (Å²) in [6.07, 6.45) is 3.72. The molecule has 0 bridgehead atoms. The number of fused-ring (bicyclic) bond motifs is 1. The predicted octanol–water partition coefficient (Wildman–Crippen LogP) is 2.71. The number of rotatable bonds is 4. The average Bonchev–Trinajstić information content (AvgIpc) is 2.29. The van der Waals surface area contributed by atoms with E-state index in [-0.39, 0.29) is 15.3 Å². The van der Waals surface area contributed by atoms with Gasteiger partial charge in [-0.3, -0.25) is 14.6 Å². The lowest BCUT2D eigenvalue weighted by Crippen LogP contribution is -2.28. The number of ketones is 1. The fraction of sp³-hybridized carbons (Fsp3) is 0.500. The summed E-state index contributed by atoms with van der Waals surface area (Å²) in [5.41, 5.74) is 2.52. The van der Waals surface area contributed by atoms with Gasteiger partial charge in [0.15, 0.2) is 9.89 Å². The first-order chi connectivity index (χ1) is 8.91. The van der Waals surface area contributed by atoms with E-state index < -0.39 is 0 Å². The Morgan fingerprint density at radius 3 is 2.95 bits per heavy atom. The van der Waals surface area contributed by atoms with Crippen LogP contribution in [0.1, 0.15) is 41.9 Å².